The highest BCUT2D eigenvalue weighted by molar-refractivity contribution is 5.98. The molecule has 5 heteroatoms. The Bertz CT molecular complexity index is 440. The number of nitrogens with one attached hydrogen (secondary N) is 1. The highest BCUT2D eigenvalue weighted by Crippen LogP contribution is 2.21. The van der Waals surface area contributed by atoms with Crippen LogP contribution in [0.15, 0.2) is 24.3 Å². The Hall–Kier alpha value is -2.04. The number of esters is 1. The summed E-state index contributed by atoms with van der Waals surface area (Å²) in [5.41, 5.74) is -0.187. The predicted molar refractivity (Wildman–Crippen MR) is 54.8 cm³/mol. The molecule has 1 aliphatic heterocycles. The van der Waals surface area contributed by atoms with Gasteiger partial charge in [0.2, 0.25) is 0 Å². The molecule has 0 spiro atoms. The van der Waals surface area contributed by atoms with Gasteiger partial charge in [-0.25, -0.2) is 9.59 Å². The summed E-state index contributed by atoms with van der Waals surface area (Å²) in [6, 6.07) is 6.44. The smallest absolute Gasteiger partial charge is 0.415 e. The molecule has 1 amide bonds. The Balaban J connectivity index is 2.18. The van der Waals surface area contributed by atoms with E-state index in [1.165, 1.54) is 12.1 Å². The zero-order valence-electron chi connectivity index (χ0n) is 8.69. The second kappa shape index (κ2) is 3.52. The van der Waals surface area contributed by atoms with Crippen LogP contribution in [0.1, 0.15) is 12.5 Å². The summed E-state index contributed by atoms with van der Waals surface area (Å²) >= 11 is 0. The maximum Gasteiger partial charge on any atom is 0.415 e. The van der Waals surface area contributed by atoms with Crippen molar-refractivity contribution in [2.75, 3.05) is 0 Å². The van der Waals surface area contributed by atoms with Crippen LogP contribution in [0.25, 0.3) is 0 Å². The SMILES string of the molecule is CC1(Cc2ccc(O)cc2)NC(=O)OC1=O. The molecule has 0 aromatic heterocycles. The molecule has 0 radical (unpaired) electrons. The van der Waals surface area contributed by atoms with Gasteiger partial charge in [0, 0.05) is 6.42 Å². The van der Waals surface area contributed by atoms with Crippen molar-refractivity contribution in [2.24, 2.45) is 0 Å². The van der Waals surface area contributed by atoms with E-state index in [4.69, 9.17) is 5.11 Å². The van der Waals surface area contributed by atoms with Crippen LogP contribution in [0.3, 0.4) is 0 Å². The molecule has 1 saturated heterocycles. The molecule has 1 atom stereocenters. The Morgan fingerprint density at radius 1 is 1.31 bits per heavy atom. The average Bonchev–Trinajstić information content (AvgIpc) is 2.44. The third-order valence-electron chi connectivity index (χ3n) is 2.51. The van der Waals surface area contributed by atoms with Gasteiger partial charge in [0.05, 0.1) is 0 Å². The molecule has 2 rings (SSSR count). The quantitative estimate of drug-likeness (QED) is 0.576. The number of benzene rings is 1. The van der Waals surface area contributed by atoms with Gasteiger partial charge in [-0.15, -0.1) is 0 Å². The number of phenolic OH excluding ortho intramolecular Hbond substituents is 1. The molecule has 5 nitrogen and oxygen atoms in total. The summed E-state index contributed by atoms with van der Waals surface area (Å²) in [5.74, 6) is -0.419. The fraction of sp³-hybridized carbons (Fsp3) is 0.273. The van der Waals surface area contributed by atoms with Crippen molar-refractivity contribution in [3.63, 3.8) is 0 Å². The molecule has 1 fully saturated rings. The van der Waals surface area contributed by atoms with Gasteiger partial charge in [-0.2, -0.15) is 0 Å². The van der Waals surface area contributed by atoms with Crippen LogP contribution >= 0.6 is 0 Å². The first-order chi connectivity index (χ1) is 7.49. The molecule has 16 heavy (non-hydrogen) atoms. The van der Waals surface area contributed by atoms with Crippen molar-refractivity contribution >= 4 is 12.1 Å². The summed E-state index contributed by atoms with van der Waals surface area (Å²) in [6.45, 7) is 1.60. The zero-order chi connectivity index (χ0) is 11.8. The van der Waals surface area contributed by atoms with Gasteiger partial charge in [0.1, 0.15) is 11.3 Å². The van der Waals surface area contributed by atoms with Crippen LogP contribution < -0.4 is 5.32 Å². The number of cyclic esters (lactones) is 2. The normalized spacial score (nSPS) is 24.1. The maximum atomic E-state index is 11.4. The molecule has 1 aliphatic rings. The number of hydrogen-bond acceptors (Lipinski definition) is 4. The van der Waals surface area contributed by atoms with E-state index in [-0.39, 0.29) is 5.75 Å². The number of carbonyl (C=O) groups excluding carboxylic acids is 2. The molecule has 1 heterocycles. The number of phenols is 1. The zero-order valence-corrected chi connectivity index (χ0v) is 8.69. The van der Waals surface area contributed by atoms with Crippen LogP contribution in [0, 0.1) is 0 Å². The first-order valence-electron chi connectivity index (χ1n) is 4.82. The number of aromatic hydroxyl groups is 1. The van der Waals surface area contributed by atoms with Crippen molar-refractivity contribution < 1.29 is 19.4 Å². The molecule has 1 unspecified atom stereocenters. The number of alkyl carbamates (subject to hydrolysis) is 1. The molecular weight excluding hydrogens is 210 g/mol. The van der Waals surface area contributed by atoms with Crippen molar-refractivity contribution in [2.45, 2.75) is 18.9 Å². The summed E-state index contributed by atoms with van der Waals surface area (Å²) in [5, 5.41) is 11.6. The molecule has 0 aliphatic carbocycles. The van der Waals surface area contributed by atoms with E-state index in [2.05, 4.69) is 10.1 Å². The molecule has 1 aromatic carbocycles. The highest BCUT2D eigenvalue weighted by Gasteiger charge is 2.44. The monoisotopic (exact) mass is 221 g/mol. The van der Waals surface area contributed by atoms with Gasteiger partial charge in [0.15, 0.2) is 0 Å². The number of carbonyl (C=O) groups is 2. The lowest BCUT2D eigenvalue weighted by molar-refractivity contribution is -0.138. The lowest BCUT2D eigenvalue weighted by atomic mass is 9.94. The predicted octanol–water partition coefficient (Wildman–Crippen LogP) is 0.960. The summed E-state index contributed by atoms with van der Waals surface area (Å²) in [4.78, 5) is 22.3. The number of rotatable bonds is 2. The molecular formula is C11H11NO4. The summed E-state index contributed by atoms with van der Waals surface area (Å²) < 4.78 is 4.43. The van der Waals surface area contributed by atoms with Crippen molar-refractivity contribution in [3.8, 4) is 5.75 Å². The van der Waals surface area contributed by atoms with E-state index >= 15 is 0 Å². The van der Waals surface area contributed by atoms with Gasteiger partial charge in [0.25, 0.3) is 0 Å². The van der Waals surface area contributed by atoms with Crippen molar-refractivity contribution in [3.05, 3.63) is 29.8 Å². The minimum atomic E-state index is -1.02. The second-order valence-corrected chi connectivity index (χ2v) is 3.98. The largest absolute Gasteiger partial charge is 0.508 e. The van der Waals surface area contributed by atoms with E-state index in [0.29, 0.717) is 6.42 Å². The van der Waals surface area contributed by atoms with E-state index in [0.717, 1.165) is 5.56 Å². The van der Waals surface area contributed by atoms with E-state index in [9.17, 15) is 9.59 Å². The standard InChI is InChI=1S/C11H11NO4/c1-11(9(14)16-10(15)12-11)6-7-2-4-8(13)5-3-7/h2-5,13H,6H2,1H3,(H,12,15). The van der Waals surface area contributed by atoms with E-state index in [1.807, 2.05) is 0 Å². The minimum absolute atomic E-state index is 0.159. The Kier molecular flexibility index (Phi) is 2.30. The second-order valence-electron chi connectivity index (χ2n) is 3.98. The number of ether oxygens (including phenoxy) is 1. The van der Waals surface area contributed by atoms with Crippen LogP contribution in [0.2, 0.25) is 0 Å². The molecule has 2 N–H and O–H groups in total. The lowest BCUT2D eigenvalue weighted by Crippen LogP contribution is -2.45. The summed E-state index contributed by atoms with van der Waals surface area (Å²) in [7, 11) is 0. The molecule has 84 valence electrons. The van der Waals surface area contributed by atoms with E-state index < -0.39 is 17.6 Å². The Labute approximate surface area is 92.0 Å². The third kappa shape index (κ3) is 1.84. The third-order valence-corrected chi connectivity index (χ3v) is 2.51. The van der Waals surface area contributed by atoms with Gasteiger partial charge in [-0.1, -0.05) is 12.1 Å². The van der Waals surface area contributed by atoms with Gasteiger partial charge in [-0.3, -0.25) is 0 Å². The molecule has 1 aromatic rings. The maximum absolute atomic E-state index is 11.4. The fourth-order valence-corrected chi connectivity index (χ4v) is 1.64. The first-order valence-corrected chi connectivity index (χ1v) is 4.82. The first kappa shape index (κ1) is 10.5. The van der Waals surface area contributed by atoms with Crippen molar-refractivity contribution in [1.29, 1.82) is 0 Å². The Morgan fingerprint density at radius 2 is 1.94 bits per heavy atom. The highest BCUT2D eigenvalue weighted by atomic mass is 16.6. The van der Waals surface area contributed by atoms with Crippen LogP contribution in [0.5, 0.6) is 5.75 Å². The Morgan fingerprint density at radius 3 is 2.44 bits per heavy atom. The summed E-state index contributed by atoms with van der Waals surface area (Å²) in [6.07, 6.45) is -0.385. The number of hydrogen-bond donors (Lipinski definition) is 2. The minimum Gasteiger partial charge on any atom is -0.508 e. The average molecular weight is 221 g/mol. The van der Waals surface area contributed by atoms with Gasteiger partial charge in [-0.05, 0) is 24.6 Å². The van der Waals surface area contributed by atoms with Crippen LogP contribution in [0.4, 0.5) is 4.79 Å². The number of amides is 1. The topological polar surface area (TPSA) is 75.6 Å². The lowest BCUT2D eigenvalue weighted by Gasteiger charge is -2.18. The van der Waals surface area contributed by atoms with E-state index in [1.54, 1.807) is 19.1 Å². The van der Waals surface area contributed by atoms with Crippen LogP contribution in [-0.2, 0) is 16.0 Å². The van der Waals surface area contributed by atoms with Gasteiger partial charge >= 0.3 is 12.1 Å². The van der Waals surface area contributed by atoms with Crippen LogP contribution in [-0.4, -0.2) is 22.7 Å². The molecule has 0 bridgehead atoms. The van der Waals surface area contributed by atoms with Crippen molar-refractivity contribution in [1.82, 2.24) is 5.32 Å². The van der Waals surface area contributed by atoms with Gasteiger partial charge < -0.3 is 15.2 Å². The molecule has 0 saturated carbocycles. The fourth-order valence-electron chi connectivity index (χ4n) is 1.64.